The van der Waals surface area contributed by atoms with Crippen LogP contribution >= 0.6 is 0 Å². The van der Waals surface area contributed by atoms with Gasteiger partial charge in [0.1, 0.15) is 6.04 Å². The molecule has 0 aliphatic carbocycles. The van der Waals surface area contributed by atoms with Crippen molar-refractivity contribution in [2.75, 3.05) is 20.2 Å². The molecule has 0 fully saturated rings. The second kappa shape index (κ2) is 8.74. The molecule has 0 heterocycles. The van der Waals surface area contributed by atoms with Crippen LogP contribution in [0.1, 0.15) is 34.1 Å². The summed E-state index contributed by atoms with van der Waals surface area (Å²) >= 11 is 0. The summed E-state index contributed by atoms with van der Waals surface area (Å²) in [6.07, 6.45) is 0.806. The summed E-state index contributed by atoms with van der Waals surface area (Å²) in [5.74, 6) is -1.11. The largest absolute Gasteiger partial charge is 0.480 e. The monoisotopic (exact) mass is 274 g/mol. The van der Waals surface area contributed by atoms with E-state index in [4.69, 9.17) is 9.84 Å². The number of aliphatic carboxylic acids is 1. The number of carbonyl (C=O) groups excluding carboxylic acids is 1. The fraction of sp³-hybridized carbons (Fsp3) is 0.846. The molecule has 19 heavy (non-hydrogen) atoms. The summed E-state index contributed by atoms with van der Waals surface area (Å²) in [6, 6.07) is -1.24. The van der Waals surface area contributed by atoms with E-state index in [9.17, 15) is 9.59 Å². The number of nitrogens with one attached hydrogen (secondary N) is 1. The Kier molecular flexibility index (Phi) is 8.14. The molecule has 2 N–H and O–H groups in total. The molecule has 0 rings (SSSR count). The lowest BCUT2D eigenvalue weighted by Gasteiger charge is -2.24. The minimum absolute atomic E-state index is 0.109. The van der Waals surface area contributed by atoms with Crippen molar-refractivity contribution >= 4 is 12.0 Å². The Morgan fingerprint density at radius 1 is 1.32 bits per heavy atom. The van der Waals surface area contributed by atoms with E-state index in [1.54, 1.807) is 14.0 Å². The fourth-order valence-electron chi connectivity index (χ4n) is 1.45. The summed E-state index contributed by atoms with van der Waals surface area (Å²) in [5.41, 5.74) is 0. The molecule has 0 bridgehead atoms. The molecule has 0 saturated heterocycles. The Bertz CT molecular complexity index is 294. The highest BCUT2D eigenvalue weighted by atomic mass is 16.5. The number of urea groups is 1. The van der Waals surface area contributed by atoms with Crippen LogP contribution in [-0.4, -0.2) is 54.4 Å². The number of carbonyl (C=O) groups is 2. The zero-order valence-corrected chi connectivity index (χ0v) is 12.5. The Balaban J connectivity index is 4.28. The van der Waals surface area contributed by atoms with Crippen LogP contribution in [0.5, 0.6) is 0 Å². The van der Waals surface area contributed by atoms with Crippen LogP contribution in [-0.2, 0) is 9.53 Å². The van der Waals surface area contributed by atoms with Crippen molar-refractivity contribution in [1.29, 1.82) is 0 Å². The molecule has 0 aromatic rings. The van der Waals surface area contributed by atoms with E-state index in [-0.39, 0.29) is 18.1 Å². The molecule has 0 aromatic carbocycles. The Morgan fingerprint density at radius 3 is 2.32 bits per heavy atom. The minimum atomic E-state index is -1.01. The van der Waals surface area contributed by atoms with Gasteiger partial charge in [-0.25, -0.2) is 9.59 Å². The van der Waals surface area contributed by atoms with Gasteiger partial charge in [0.25, 0.3) is 0 Å². The van der Waals surface area contributed by atoms with Crippen molar-refractivity contribution in [2.45, 2.75) is 46.3 Å². The van der Waals surface area contributed by atoms with Gasteiger partial charge in [-0.1, -0.05) is 20.3 Å². The van der Waals surface area contributed by atoms with Gasteiger partial charge in [0.2, 0.25) is 0 Å². The van der Waals surface area contributed by atoms with Gasteiger partial charge >= 0.3 is 12.0 Å². The lowest BCUT2D eigenvalue weighted by atomic mass is 9.99. The van der Waals surface area contributed by atoms with Gasteiger partial charge in [0.15, 0.2) is 0 Å². The first-order valence-electron chi connectivity index (χ1n) is 6.65. The Labute approximate surface area is 115 Å². The zero-order chi connectivity index (χ0) is 15.0. The highest BCUT2D eigenvalue weighted by Gasteiger charge is 2.26. The molecular formula is C13H26N2O4. The molecule has 6 nitrogen and oxygen atoms in total. The Morgan fingerprint density at radius 2 is 1.89 bits per heavy atom. The lowest BCUT2D eigenvalue weighted by molar-refractivity contribution is -0.140. The first-order chi connectivity index (χ1) is 8.79. The van der Waals surface area contributed by atoms with Gasteiger partial charge in [-0.15, -0.1) is 0 Å². The normalized spacial score (nSPS) is 14.0. The number of nitrogens with zero attached hydrogens (tertiary/aromatic N) is 1. The third-order valence-corrected chi connectivity index (χ3v) is 2.98. The van der Waals surface area contributed by atoms with E-state index in [0.717, 1.165) is 0 Å². The molecule has 6 heteroatoms. The summed E-state index contributed by atoms with van der Waals surface area (Å²) < 4.78 is 5.35. The molecule has 2 atom stereocenters. The Hall–Kier alpha value is -1.30. The molecular weight excluding hydrogens is 248 g/mol. The molecule has 0 spiro atoms. The van der Waals surface area contributed by atoms with Gasteiger partial charge < -0.3 is 20.1 Å². The number of likely N-dealkylation sites (N-methyl/N-ethyl adjacent to an activating group) is 1. The topological polar surface area (TPSA) is 78.9 Å². The summed E-state index contributed by atoms with van der Waals surface area (Å²) in [5, 5.41) is 11.6. The third-order valence-electron chi connectivity index (χ3n) is 2.98. The second-order valence-corrected chi connectivity index (χ2v) is 4.99. The third kappa shape index (κ3) is 7.00. The molecule has 0 saturated carbocycles. The summed E-state index contributed by atoms with van der Waals surface area (Å²) in [4.78, 5) is 24.4. The van der Waals surface area contributed by atoms with Crippen LogP contribution in [0.2, 0.25) is 0 Å². The van der Waals surface area contributed by atoms with Crippen LogP contribution in [0.25, 0.3) is 0 Å². The van der Waals surface area contributed by atoms with Crippen molar-refractivity contribution in [3.63, 3.8) is 0 Å². The number of rotatable bonds is 8. The first-order valence-corrected chi connectivity index (χ1v) is 6.65. The van der Waals surface area contributed by atoms with Crippen molar-refractivity contribution in [2.24, 2.45) is 5.92 Å². The van der Waals surface area contributed by atoms with E-state index in [1.165, 1.54) is 4.90 Å². The van der Waals surface area contributed by atoms with Crippen molar-refractivity contribution < 1.29 is 19.4 Å². The molecule has 0 unspecified atom stereocenters. The second-order valence-electron chi connectivity index (χ2n) is 4.99. The average molecular weight is 274 g/mol. The number of carboxylic acid groups (broad SMARTS) is 1. The van der Waals surface area contributed by atoms with Gasteiger partial charge in [-0.05, 0) is 19.8 Å². The smallest absolute Gasteiger partial charge is 0.326 e. The molecule has 112 valence electrons. The maximum Gasteiger partial charge on any atom is 0.326 e. The number of hydrogen-bond acceptors (Lipinski definition) is 3. The van der Waals surface area contributed by atoms with Gasteiger partial charge in [0.05, 0.1) is 12.7 Å². The summed E-state index contributed by atoms with van der Waals surface area (Å²) in [6.45, 7) is 8.40. The quantitative estimate of drug-likeness (QED) is 0.704. The highest BCUT2D eigenvalue weighted by Crippen LogP contribution is 2.08. The van der Waals surface area contributed by atoms with E-state index >= 15 is 0 Å². The van der Waals surface area contributed by atoms with E-state index in [2.05, 4.69) is 5.32 Å². The number of carboxylic acids is 1. The predicted molar refractivity (Wildman–Crippen MR) is 73.1 cm³/mol. The van der Waals surface area contributed by atoms with Crippen LogP contribution in [0, 0.1) is 5.92 Å². The van der Waals surface area contributed by atoms with E-state index < -0.39 is 12.0 Å². The number of ether oxygens (including phenoxy) is 1. The van der Waals surface area contributed by atoms with Gasteiger partial charge in [-0.3, -0.25) is 0 Å². The molecule has 0 radical (unpaired) electrons. The number of amides is 2. The average Bonchev–Trinajstić information content (AvgIpc) is 2.33. The van der Waals surface area contributed by atoms with Crippen molar-refractivity contribution in [3.05, 3.63) is 0 Å². The minimum Gasteiger partial charge on any atom is -0.480 e. The van der Waals surface area contributed by atoms with Crippen LogP contribution in [0.3, 0.4) is 0 Å². The lowest BCUT2D eigenvalue weighted by Crippen LogP contribution is -2.50. The van der Waals surface area contributed by atoms with E-state index in [0.29, 0.717) is 19.6 Å². The zero-order valence-electron chi connectivity index (χ0n) is 12.5. The molecule has 2 amide bonds. The fourth-order valence-corrected chi connectivity index (χ4v) is 1.45. The van der Waals surface area contributed by atoms with Crippen LogP contribution in [0.4, 0.5) is 4.79 Å². The van der Waals surface area contributed by atoms with Crippen LogP contribution < -0.4 is 5.32 Å². The maximum absolute atomic E-state index is 11.8. The van der Waals surface area contributed by atoms with Gasteiger partial charge in [-0.2, -0.15) is 0 Å². The number of hydrogen-bond donors (Lipinski definition) is 2. The summed E-state index contributed by atoms with van der Waals surface area (Å²) in [7, 11) is 1.62. The van der Waals surface area contributed by atoms with Crippen LogP contribution in [0.15, 0.2) is 0 Å². The van der Waals surface area contributed by atoms with Crippen molar-refractivity contribution in [3.8, 4) is 0 Å². The first kappa shape index (κ1) is 17.7. The standard InChI is InChI=1S/C13H26N2O4/c1-6-10(4)11(12(16)17)14-13(18)15(5)7-8-19-9(2)3/h9-11H,6-8H2,1-5H3,(H,14,18)(H,16,17)/t10-,11-/m0/s1. The molecule has 0 aromatic heterocycles. The van der Waals surface area contributed by atoms with E-state index in [1.807, 2.05) is 20.8 Å². The highest BCUT2D eigenvalue weighted by molar-refractivity contribution is 5.82. The molecule has 0 aliphatic rings. The van der Waals surface area contributed by atoms with Crippen molar-refractivity contribution in [1.82, 2.24) is 10.2 Å². The maximum atomic E-state index is 11.8. The molecule has 0 aliphatic heterocycles. The SMILES string of the molecule is CC[C@H](C)[C@H](NC(=O)N(C)CCOC(C)C)C(=O)O. The predicted octanol–water partition coefficient (Wildman–Crippen LogP) is 1.55. The van der Waals surface area contributed by atoms with Gasteiger partial charge in [0, 0.05) is 13.6 Å².